The number of amides is 2. The Morgan fingerprint density at radius 2 is 1.86 bits per heavy atom. The van der Waals surface area contributed by atoms with Crippen molar-refractivity contribution in [1.82, 2.24) is 19.9 Å². The summed E-state index contributed by atoms with van der Waals surface area (Å²) in [5.41, 5.74) is 1.56. The van der Waals surface area contributed by atoms with Crippen LogP contribution in [0.3, 0.4) is 0 Å². The van der Waals surface area contributed by atoms with Gasteiger partial charge in [-0.05, 0) is 62.6 Å². The molecule has 0 fully saturated rings. The summed E-state index contributed by atoms with van der Waals surface area (Å²) in [6, 6.07) is 15.6. The lowest BCUT2D eigenvalue weighted by molar-refractivity contribution is -0.111. The minimum absolute atomic E-state index is 0.221. The molecule has 3 heterocycles. The van der Waals surface area contributed by atoms with E-state index in [0.717, 1.165) is 5.39 Å². The number of hydrogen-bond acceptors (Lipinski definition) is 7. The topological polar surface area (TPSA) is 109 Å². The first-order chi connectivity index (χ1) is 17.0. The van der Waals surface area contributed by atoms with Crippen LogP contribution >= 0.6 is 0 Å². The number of nitrogens with one attached hydrogen (secondary N) is 2. The Hall–Kier alpha value is -4.63. The lowest BCUT2D eigenvalue weighted by atomic mass is 10.2. The van der Waals surface area contributed by atoms with Gasteiger partial charge in [-0.25, -0.2) is 9.97 Å². The fourth-order valence-corrected chi connectivity index (χ4v) is 3.16. The van der Waals surface area contributed by atoms with Crippen LogP contribution < -0.4 is 15.4 Å². The minimum atomic E-state index is -0.371. The summed E-state index contributed by atoms with van der Waals surface area (Å²) in [6.07, 6.45) is 8.00. The molecular formula is C26H24N6O3. The summed E-state index contributed by atoms with van der Waals surface area (Å²) >= 11 is 0. The second-order valence-corrected chi connectivity index (χ2v) is 7.85. The molecule has 176 valence electrons. The van der Waals surface area contributed by atoms with Gasteiger partial charge in [-0.1, -0.05) is 12.1 Å². The number of nitrogens with zero attached hydrogens (tertiary/aromatic N) is 4. The summed E-state index contributed by atoms with van der Waals surface area (Å²) in [5.74, 6) is 0.847. The Bertz CT molecular complexity index is 1350. The van der Waals surface area contributed by atoms with Gasteiger partial charge in [0, 0.05) is 36.1 Å². The van der Waals surface area contributed by atoms with Crippen molar-refractivity contribution in [2.75, 3.05) is 31.3 Å². The normalized spacial score (nSPS) is 11.1. The van der Waals surface area contributed by atoms with E-state index >= 15 is 0 Å². The van der Waals surface area contributed by atoms with E-state index in [-0.39, 0.29) is 17.5 Å². The molecule has 0 unspecified atom stereocenters. The first-order valence-electron chi connectivity index (χ1n) is 10.9. The van der Waals surface area contributed by atoms with Crippen LogP contribution in [-0.4, -0.2) is 52.3 Å². The van der Waals surface area contributed by atoms with Crippen LogP contribution in [-0.2, 0) is 4.79 Å². The van der Waals surface area contributed by atoms with Crippen molar-refractivity contribution in [1.29, 1.82) is 0 Å². The van der Waals surface area contributed by atoms with Crippen molar-refractivity contribution >= 4 is 34.2 Å². The number of aromatic nitrogens is 3. The van der Waals surface area contributed by atoms with Gasteiger partial charge in [-0.2, -0.15) is 0 Å². The van der Waals surface area contributed by atoms with Crippen molar-refractivity contribution in [3.63, 3.8) is 0 Å². The standard InChI is InChI=1S/C26H24N6O3/c1-32(2)15-5-7-25(33)30-18-8-10-21-20(16-18)23(12-14-27-21)35-19-9-11-22(29-17-19)26(34)31-24-6-3-4-13-28-24/h3-14,16-17H,15H2,1-2H3,(H,30,33)(H,28,31,34)/b7-5+. The van der Waals surface area contributed by atoms with Gasteiger partial charge in [-0.3, -0.25) is 14.6 Å². The number of anilines is 2. The van der Waals surface area contributed by atoms with Crippen LogP contribution in [0.15, 0.2) is 85.3 Å². The van der Waals surface area contributed by atoms with Crippen molar-refractivity contribution in [3.05, 3.63) is 91.0 Å². The molecule has 0 saturated carbocycles. The quantitative estimate of drug-likeness (QED) is 0.374. The zero-order valence-corrected chi connectivity index (χ0v) is 19.3. The van der Waals surface area contributed by atoms with Gasteiger partial charge in [0.15, 0.2) is 0 Å². The highest BCUT2D eigenvalue weighted by Crippen LogP contribution is 2.30. The van der Waals surface area contributed by atoms with Gasteiger partial charge >= 0.3 is 0 Å². The van der Waals surface area contributed by atoms with Crippen LogP contribution in [0.2, 0.25) is 0 Å². The highest BCUT2D eigenvalue weighted by Gasteiger charge is 2.11. The fraction of sp³-hybridized carbons (Fsp3) is 0.115. The van der Waals surface area contributed by atoms with Gasteiger partial charge in [0.05, 0.1) is 11.7 Å². The highest BCUT2D eigenvalue weighted by molar-refractivity contribution is 6.02. The molecule has 0 aliphatic rings. The Morgan fingerprint density at radius 1 is 0.971 bits per heavy atom. The number of carbonyl (C=O) groups is 2. The van der Waals surface area contributed by atoms with Crippen molar-refractivity contribution in [2.45, 2.75) is 0 Å². The summed E-state index contributed by atoms with van der Waals surface area (Å²) < 4.78 is 6.02. The molecule has 2 amide bonds. The molecule has 0 aliphatic carbocycles. The van der Waals surface area contributed by atoms with Crippen LogP contribution in [0.5, 0.6) is 11.5 Å². The van der Waals surface area contributed by atoms with Crippen LogP contribution in [0.25, 0.3) is 10.9 Å². The average Bonchev–Trinajstić information content (AvgIpc) is 2.85. The Morgan fingerprint density at radius 3 is 2.60 bits per heavy atom. The molecule has 35 heavy (non-hydrogen) atoms. The van der Waals surface area contributed by atoms with E-state index < -0.39 is 0 Å². The molecule has 1 aromatic carbocycles. The maximum Gasteiger partial charge on any atom is 0.275 e. The van der Waals surface area contributed by atoms with Gasteiger partial charge in [0.2, 0.25) is 5.91 Å². The number of ether oxygens (including phenoxy) is 1. The second-order valence-electron chi connectivity index (χ2n) is 7.85. The molecule has 9 nitrogen and oxygen atoms in total. The van der Waals surface area contributed by atoms with Gasteiger partial charge in [-0.15, -0.1) is 0 Å². The van der Waals surface area contributed by atoms with Crippen molar-refractivity contribution in [3.8, 4) is 11.5 Å². The summed E-state index contributed by atoms with van der Waals surface area (Å²) in [7, 11) is 3.86. The molecule has 0 aliphatic heterocycles. The third-order valence-electron chi connectivity index (χ3n) is 4.81. The second kappa shape index (κ2) is 11.0. The number of fused-ring (bicyclic) bond motifs is 1. The van der Waals surface area contributed by atoms with Gasteiger partial charge in [0.25, 0.3) is 5.91 Å². The average molecular weight is 469 g/mol. The van der Waals surface area contributed by atoms with Crippen molar-refractivity contribution < 1.29 is 14.3 Å². The number of rotatable bonds is 8. The fourth-order valence-electron chi connectivity index (χ4n) is 3.16. The molecule has 0 saturated heterocycles. The van der Waals surface area contributed by atoms with E-state index in [0.29, 0.717) is 35.1 Å². The highest BCUT2D eigenvalue weighted by atomic mass is 16.5. The van der Waals surface area contributed by atoms with E-state index in [1.807, 2.05) is 25.1 Å². The minimum Gasteiger partial charge on any atom is -0.455 e. The molecule has 0 spiro atoms. The van der Waals surface area contributed by atoms with Gasteiger partial charge < -0.3 is 20.3 Å². The molecular weight excluding hydrogens is 444 g/mol. The van der Waals surface area contributed by atoms with E-state index in [2.05, 4.69) is 25.6 Å². The first kappa shape index (κ1) is 23.5. The molecule has 4 aromatic rings. The zero-order valence-electron chi connectivity index (χ0n) is 19.3. The third-order valence-corrected chi connectivity index (χ3v) is 4.81. The molecule has 4 rings (SSSR count). The zero-order chi connectivity index (χ0) is 24.6. The molecule has 9 heteroatoms. The van der Waals surface area contributed by atoms with Crippen LogP contribution in [0, 0.1) is 0 Å². The van der Waals surface area contributed by atoms with Crippen molar-refractivity contribution in [2.24, 2.45) is 0 Å². The summed E-state index contributed by atoms with van der Waals surface area (Å²) in [6.45, 7) is 0.671. The number of likely N-dealkylation sites (N-methyl/N-ethyl adjacent to an activating group) is 1. The van der Waals surface area contributed by atoms with E-state index in [1.54, 1.807) is 67.0 Å². The van der Waals surface area contributed by atoms with E-state index in [4.69, 9.17) is 4.74 Å². The molecule has 3 aromatic heterocycles. The predicted molar refractivity (Wildman–Crippen MR) is 135 cm³/mol. The molecule has 0 bridgehead atoms. The SMILES string of the molecule is CN(C)C/C=C/C(=O)Nc1ccc2nccc(Oc3ccc(C(=O)Nc4ccccn4)nc3)c2c1. The predicted octanol–water partition coefficient (Wildman–Crippen LogP) is 4.13. The maximum absolute atomic E-state index is 12.4. The summed E-state index contributed by atoms with van der Waals surface area (Å²) in [5, 5.41) is 6.26. The Balaban J connectivity index is 1.47. The Kier molecular flexibility index (Phi) is 7.39. The molecule has 0 radical (unpaired) electrons. The largest absolute Gasteiger partial charge is 0.455 e. The first-order valence-corrected chi connectivity index (χ1v) is 10.9. The third kappa shape index (κ3) is 6.46. The number of carbonyl (C=O) groups excluding carboxylic acids is 2. The number of hydrogen-bond donors (Lipinski definition) is 2. The van der Waals surface area contributed by atoms with Gasteiger partial charge in [0.1, 0.15) is 23.0 Å². The maximum atomic E-state index is 12.4. The van der Waals surface area contributed by atoms with E-state index in [1.165, 1.54) is 12.3 Å². The van der Waals surface area contributed by atoms with E-state index in [9.17, 15) is 9.59 Å². The van der Waals surface area contributed by atoms with Crippen LogP contribution in [0.1, 0.15) is 10.5 Å². The Labute approximate surface area is 202 Å². The van der Waals surface area contributed by atoms with Crippen LogP contribution in [0.4, 0.5) is 11.5 Å². The smallest absolute Gasteiger partial charge is 0.275 e. The number of pyridine rings is 3. The lowest BCUT2D eigenvalue weighted by Crippen LogP contribution is -2.14. The monoisotopic (exact) mass is 468 g/mol. The molecule has 2 N–H and O–H groups in total. The molecule has 0 atom stereocenters. The summed E-state index contributed by atoms with van der Waals surface area (Å²) in [4.78, 5) is 39.2. The number of benzene rings is 1. The lowest BCUT2D eigenvalue weighted by Gasteiger charge is -2.10.